The highest BCUT2D eigenvalue weighted by Crippen LogP contribution is 2.09. The SMILES string of the molecule is CN(C)CCn1cc(NC(=O)CNc2ccc(C#N)cc2)cn1. The molecule has 0 saturated heterocycles. The van der Waals surface area contributed by atoms with Crippen LogP contribution in [-0.2, 0) is 11.3 Å². The van der Waals surface area contributed by atoms with Gasteiger partial charge in [0.05, 0.1) is 36.6 Å². The lowest BCUT2D eigenvalue weighted by atomic mass is 10.2. The number of aromatic nitrogens is 2. The zero-order valence-corrected chi connectivity index (χ0v) is 13.3. The van der Waals surface area contributed by atoms with Crippen LogP contribution in [0.15, 0.2) is 36.7 Å². The van der Waals surface area contributed by atoms with Crippen molar-refractivity contribution in [3.8, 4) is 6.07 Å². The van der Waals surface area contributed by atoms with Gasteiger partial charge in [-0.25, -0.2) is 0 Å². The van der Waals surface area contributed by atoms with E-state index in [4.69, 9.17) is 5.26 Å². The highest BCUT2D eigenvalue weighted by molar-refractivity contribution is 5.93. The average Bonchev–Trinajstić information content (AvgIpc) is 2.99. The highest BCUT2D eigenvalue weighted by Gasteiger charge is 2.05. The Balaban J connectivity index is 1.79. The van der Waals surface area contributed by atoms with Gasteiger partial charge < -0.3 is 15.5 Å². The standard InChI is InChI=1S/C16H20N6O/c1-21(2)7-8-22-12-15(10-19-22)20-16(23)11-18-14-5-3-13(9-17)4-6-14/h3-6,10,12,18H,7-8,11H2,1-2H3,(H,20,23). The van der Waals surface area contributed by atoms with Crippen LogP contribution in [0.4, 0.5) is 11.4 Å². The van der Waals surface area contributed by atoms with E-state index in [2.05, 4.69) is 26.7 Å². The molecule has 0 bridgehead atoms. The second-order valence-corrected chi connectivity index (χ2v) is 5.39. The summed E-state index contributed by atoms with van der Waals surface area (Å²) in [7, 11) is 4.00. The Bertz CT molecular complexity index is 683. The number of nitriles is 1. The van der Waals surface area contributed by atoms with Crippen molar-refractivity contribution >= 4 is 17.3 Å². The van der Waals surface area contributed by atoms with E-state index >= 15 is 0 Å². The molecular weight excluding hydrogens is 292 g/mol. The molecule has 2 aromatic rings. The molecule has 0 saturated carbocycles. The van der Waals surface area contributed by atoms with Crippen LogP contribution >= 0.6 is 0 Å². The van der Waals surface area contributed by atoms with E-state index in [1.54, 1.807) is 35.1 Å². The van der Waals surface area contributed by atoms with Gasteiger partial charge in [-0.05, 0) is 38.4 Å². The van der Waals surface area contributed by atoms with Gasteiger partial charge in [0.15, 0.2) is 0 Å². The molecule has 2 N–H and O–H groups in total. The van der Waals surface area contributed by atoms with Gasteiger partial charge in [0, 0.05) is 18.4 Å². The lowest BCUT2D eigenvalue weighted by molar-refractivity contribution is -0.114. The predicted octanol–water partition coefficient (Wildman–Crippen LogP) is 1.37. The number of nitrogens with one attached hydrogen (secondary N) is 2. The van der Waals surface area contributed by atoms with Crippen molar-refractivity contribution in [2.24, 2.45) is 0 Å². The largest absolute Gasteiger partial charge is 0.376 e. The first-order chi connectivity index (χ1) is 11.1. The quantitative estimate of drug-likeness (QED) is 0.806. The second-order valence-electron chi connectivity index (χ2n) is 5.39. The number of nitrogens with zero attached hydrogens (tertiary/aromatic N) is 4. The van der Waals surface area contributed by atoms with Crippen LogP contribution < -0.4 is 10.6 Å². The molecule has 0 fully saturated rings. The Morgan fingerprint density at radius 1 is 1.30 bits per heavy atom. The van der Waals surface area contributed by atoms with Crippen LogP contribution in [0.5, 0.6) is 0 Å². The maximum absolute atomic E-state index is 11.9. The molecule has 7 nitrogen and oxygen atoms in total. The fourth-order valence-corrected chi connectivity index (χ4v) is 1.90. The van der Waals surface area contributed by atoms with Gasteiger partial charge >= 0.3 is 0 Å². The molecule has 0 radical (unpaired) electrons. The maximum Gasteiger partial charge on any atom is 0.243 e. The summed E-state index contributed by atoms with van der Waals surface area (Å²) in [6, 6.07) is 9.00. The minimum atomic E-state index is -0.151. The van der Waals surface area contributed by atoms with Crippen molar-refractivity contribution in [2.75, 3.05) is 37.8 Å². The molecule has 0 aliphatic rings. The average molecular weight is 312 g/mol. The van der Waals surface area contributed by atoms with Gasteiger partial charge in [-0.2, -0.15) is 10.4 Å². The third-order valence-corrected chi connectivity index (χ3v) is 3.16. The Morgan fingerprint density at radius 2 is 2.04 bits per heavy atom. The fourth-order valence-electron chi connectivity index (χ4n) is 1.90. The van der Waals surface area contributed by atoms with E-state index in [-0.39, 0.29) is 12.5 Å². The summed E-state index contributed by atoms with van der Waals surface area (Å²) in [6.07, 6.45) is 3.44. The number of anilines is 2. The van der Waals surface area contributed by atoms with Gasteiger partial charge in [0.1, 0.15) is 0 Å². The number of amides is 1. The van der Waals surface area contributed by atoms with Crippen LogP contribution in [0.3, 0.4) is 0 Å². The molecule has 0 unspecified atom stereocenters. The summed E-state index contributed by atoms with van der Waals surface area (Å²) in [5, 5.41) is 18.7. The molecule has 2 rings (SSSR count). The Morgan fingerprint density at radius 3 is 2.70 bits per heavy atom. The summed E-state index contributed by atoms with van der Waals surface area (Å²) in [5.74, 6) is -0.151. The molecule has 23 heavy (non-hydrogen) atoms. The Kier molecular flexibility index (Phi) is 5.72. The Labute approximate surface area is 135 Å². The lowest BCUT2D eigenvalue weighted by Gasteiger charge is -2.08. The van der Waals surface area contributed by atoms with Crippen molar-refractivity contribution in [3.63, 3.8) is 0 Å². The summed E-state index contributed by atoms with van der Waals surface area (Å²) < 4.78 is 1.80. The van der Waals surface area contributed by atoms with Crippen molar-refractivity contribution in [1.82, 2.24) is 14.7 Å². The number of hydrogen-bond acceptors (Lipinski definition) is 5. The van der Waals surface area contributed by atoms with Crippen LogP contribution in [0, 0.1) is 11.3 Å². The molecular formula is C16H20N6O. The molecule has 1 amide bonds. The van der Waals surface area contributed by atoms with Gasteiger partial charge in [0.25, 0.3) is 0 Å². The second kappa shape index (κ2) is 7.96. The maximum atomic E-state index is 11.9. The molecule has 7 heteroatoms. The van der Waals surface area contributed by atoms with Crippen LogP contribution in [0.2, 0.25) is 0 Å². The lowest BCUT2D eigenvalue weighted by Crippen LogP contribution is -2.21. The monoisotopic (exact) mass is 312 g/mol. The van der Waals surface area contributed by atoms with Crippen LogP contribution in [0.1, 0.15) is 5.56 Å². The Hall–Kier alpha value is -2.85. The van der Waals surface area contributed by atoms with Crippen LogP contribution in [0.25, 0.3) is 0 Å². The number of likely N-dealkylation sites (N-methyl/N-ethyl adjacent to an activating group) is 1. The predicted molar refractivity (Wildman–Crippen MR) is 89.1 cm³/mol. The zero-order valence-electron chi connectivity index (χ0n) is 13.3. The van der Waals surface area contributed by atoms with E-state index in [0.717, 1.165) is 18.8 Å². The first-order valence-corrected chi connectivity index (χ1v) is 7.28. The molecule has 0 spiro atoms. The normalized spacial score (nSPS) is 10.3. The zero-order chi connectivity index (χ0) is 16.7. The van der Waals surface area contributed by atoms with Gasteiger partial charge in [-0.15, -0.1) is 0 Å². The fraction of sp³-hybridized carbons (Fsp3) is 0.312. The minimum Gasteiger partial charge on any atom is -0.376 e. The number of benzene rings is 1. The molecule has 0 aliphatic heterocycles. The van der Waals surface area contributed by atoms with E-state index in [1.807, 2.05) is 20.3 Å². The molecule has 1 aromatic carbocycles. The molecule has 0 aliphatic carbocycles. The smallest absolute Gasteiger partial charge is 0.243 e. The van der Waals surface area contributed by atoms with E-state index < -0.39 is 0 Å². The number of carbonyl (C=O) groups excluding carboxylic acids is 1. The van der Waals surface area contributed by atoms with Crippen LogP contribution in [-0.4, -0.2) is 47.8 Å². The summed E-state index contributed by atoms with van der Waals surface area (Å²) in [4.78, 5) is 14.0. The third-order valence-electron chi connectivity index (χ3n) is 3.16. The molecule has 1 heterocycles. The topological polar surface area (TPSA) is 86.0 Å². The van der Waals surface area contributed by atoms with Gasteiger partial charge in [-0.3, -0.25) is 9.48 Å². The summed E-state index contributed by atoms with van der Waals surface area (Å²) in [6.45, 7) is 1.80. The van der Waals surface area contributed by atoms with E-state index in [1.165, 1.54) is 0 Å². The molecule has 0 atom stereocenters. The van der Waals surface area contributed by atoms with E-state index in [9.17, 15) is 4.79 Å². The number of hydrogen-bond donors (Lipinski definition) is 2. The van der Waals surface area contributed by atoms with Gasteiger partial charge in [-0.1, -0.05) is 0 Å². The molecule has 120 valence electrons. The first kappa shape index (κ1) is 16.5. The summed E-state index contributed by atoms with van der Waals surface area (Å²) >= 11 is 0. The highest BCUT2D eigenvalue weighted by atomic mass is 16.1. The van der Waals surface area contributed by atoms with Crippen molar-refractivity contribution in [3.05, 3.63) is 42.2 Å². The number of rotatable bonds is 7. The first-order valence-electron chi connectivity index (χ1n) is 7.28. The van der Waals surface area contributed by atoms with Gasteiger partial charge in [0.2, 0.25) is 5.91 Å². The third kappa shape index (κ3) is 5.45. The van der Waals surface area contributed by atoms with Crippen molar-refractivity contribution in [1.29, 1.82) is 5.26 Å². The minimum absolute atomic E-state index is 0.148. The van der Waals surface area contributed by atoms with E-state index in [0.29, 0.717) is 11.3 Å². The van der Waals surface area contributed by atoms with Crippen molar-refractivity contribution < 1.29 is 4.79 Å². The number of carbonyl (C=O) groups is 1. The molecule has 1 aromatic heterocycles. The summed E-state index contributed by atoms with van der Waals surface area (Å²) in [5.41, 5.74) is 2.06. The van der Waals surface area contributed by atoms with Crippen molar-refractivity contribution in [2.45, 2.75) is 6.54 Å².